The fourth-order valence-electron chi connectivity index (χ4n) is 3.03. The number of hydrogen-bond acceptors (Lipinski definition) is 5. The van der Waals surface area contributed by atoms with Crippen molar-refractivity contribution in [3.63, 3.8) is 0 Å². The zero-order valence-corrected chi connectivity index (χ0v) is 14.1. The van der Waals surface area contributed by atoms with E-state index in [4.69, 9.17) is 4.42 Å². The van der Waals surface area contributed by atoms with E-state index in [0.29, 0.717) is 35.5 Å². The third-order valence-electron chi connectivity index (χ3n) is 4.39. The summed E-state index contributed by atoms with van der Waals surface area (Å²) in [6.45, 7) is 0. The van der Waals surface area contributed by atoms with E-state index >= 15 is 0 Å². The van der Waals surface area contributed by atoms with Crippen molar-refractivity contribution in [3.8, 4) is 5.69 Å². The molecule has 3 aromatic rings. The van der Waals surface area contributed by atoms with Gasteiger partial charge in [-0.15, -0.1) is 0 Å². The van der Waals surface area contributed by atoms with E-state index in [9.17, 15) is 14.4 Å². The molecule has 1 amide bonds. The Kier molecular flexibility index (Phi) is 3.80. The molecule has 1 aromatic carbocycles. The van der Waals surface area contributed by atoms with Crippen LogP contribution in [0.5, 0.6) is 0 Å². The van der Waals surface area contributed by atoms with Gasteiger partial charge < -0.3 is 9.73 Å². The Labute approximate surface area is 148 Å². The standard InChI is InChI=1S/C18H16N4O4/c1-21-10-19-22(18(21)25)12-7-5-11(6-8-12)20-17(24)13-9-26-15-4-2-3-14(23)16(13)15/h5-10H,2-4H2,1H3,(H,20,24). The van der Waals surface area contributed by atoms with Crippen LogP contribution in [0.2, 0.25) is 0 Å². The number of benzene rings is 1. The average Bonchev–Trinajstić information content (AvgIpc) is 3.21. The molecule has 0 radical (unpaired) electrons. The minimum atomic E-state index is -0.395. The number of aromatic nitrogens is 3. The molecule has 4 rings (SSSR count). The molecule has 0 spiro atoms. The van der Waals surface area contributed by atoms with Crippen molar-refractivity contribution in [2.24, 2.45) is 7.05 Å². The molecule has 0 aliphatic heterocycles. The first-order valence-electron chi connectivity index (χ1n) is 8.20. The molecule has 2 heterocycles. The van der Waals surface area contributed by atoms with Gasteiger partial charge in [0.15, 0.2) is 5.78 Å². The molecule has 8 nitrogen and oxygen atoms in total. The quantitative estimate of drug-likeness (QED) is 0.776. The maximum Gasteiger partial charge on any atom is 0.350 e. The van der Waals surface area contributed by atoms with Gasteiger partial charge in [-0.05, 0) is 30.7 Å². The maximum absolute atomic E-state index is 12.5. The summed E-state index contributed by atoms with van der Waals surface area (Å²) in [4.78, 5) is 36.5. The molecule has 1 aliphatic rings. The molecule has 1 aliphatic carbocycles. The predicted octanol–water partition coefficient (Wildman–Crippen LogP) is 1.94. The van der Waals surface area contributed by atoms with E-state index in [1.807, 2.05) is 0 Å². The number of amides is 1. The summed E-state index contributed by atoms with van der Waals surface area (Å²) in [7, 11) is 1.62. The smallest absolute Gasteiger partial charge is 0.350 e. The third kappa shape index (κ3) is 2.65. The van der Waals surface area contributed by atoms with Gasteiger partial charge in [-0.2, -0.15) is 9.78 Å². The molecule has 0 atom stereocenters. The monoisotopic (exact) mass is 352 g/mol. The van der Waals surface area contributed by atoms with Crippen molar-refractivity contribution in [3.05, 3.63) is 64.2 Å². The first kappa shape index (κ1) is 16.1. The van der Waals surface area contributed by atoms with Gasteiger partial charge in [0.2, 0.25) is 0 Å². The van der Waals surface area contributed by atoms with Crippen molar-refractivity contribution < 1.29 is 14.0 Å². The number of nitrogens with one attached hydrogen (secondary N) is 1. The summed E-state index contributed by atoms with van der Waals surface area (Å²) in [6.07, 6.45) is 4.61. The van der Waals surface area contributed by atoms with E-state index in [2.05, 4.69) is 10.4 Å². The number of carbonyl (C=O) groups excluding carboxylic acids is 2. The van der Waals surface area contributed by atoms with Crippen LogP contribution < -0.4 is 11.0 Å². The summed E-state index contributed by atoms with van der Waals surface area (Å²) in [5.41, 5.74) is 1.52. The summed E-state index contributed by atoms with van der Waals surface area (Å²) in [6, 6.07) is 6.70. The van der Waals surface area contributed by atoms with Crippen molar-refractivity contribution in [1.82, 2.24) is 14.3 Å². The number of aryl methyl sites for hydroxylation is 2. The molecule has 2 aromatic heterocycles. The van der Waals surface area contributed by atoms with Gasteiger partial charge in [0, 0.05) is 25.6 Å². The normalized spacial score (nSPS) is 13.5. The van der Waals surface area contributed by atoms with Crippen LogP contribution in [0.3, 0.4) is 0 Å². The van der Waals surface area contributed by atoms with Gasteiger partial charge in [-0.1, -0.05) is 0 Å². The minimum Gasteiger partial charge on any atom is -0.468 e. The minimum absolute atomic E-state index is 0.0602. The van der Waals surface area contributed by atoms with Crippen LogP contribution in [0, 0.1) is 0 Å². The van der Waals surface area contributed by atoms with E-state index in [1.165, 1.54) is 21.8 Å². The predicted molar refractivity (Wildman–Crippen MR) is 92.7 cm³/mol. The second-order valence-electron chi connectivity index (χ2n) is 6.16. The lowest BCUT2D eigenvalue weighted by atomic mass is 9.94. The Balaban J connectivity index is 1.56. The number of fused-ring (bicyclic) bond motifs is 1. The van der Waals surface area contributed by atoms with Crippen LogP contribution in [-0.4, -0.2) is 26.0 Å². The maximum atomic E-state index is 12.5. The fourth-order valence-corrected chi connectivity index (χ4v) is 3.03. The molecule has 1 N–H and O–H groups in total. The number of furan rings is 1. The summed E-state index contributed by atoms with van der Waals surface area (Å²) in [5, 5.41) is 6.75. The first-order valence-corrected chi connectivity index (χ1v) is 8.20. The summed E-state index contributed by atoms with van der Waals surface area (Å²) in [5.74, 6) is 0.124. The number of rotatable bonds is 3. The Morgan fingerprint density at radius 1 is 1.19 bits per heavy atom. The zero-order chi connectivity index (χ0) is 18.3. The van der Waals surface area contributed by atoms with Crippen LogP contribution in [0.4, 0.5) is 5.69 Å². The lowest BCUT2D eigenvalue weighted by Crippen LogP contribution is -2.21. The van der Waals surface area contributed by atoms with Crippen LogP contribution in [0.15, 0.2) is 46.1 Å². The molecule has 0 saturated carbocycles. The molecular weight excluding hydrogens is 336 g/mol. The van der Waals surface area contributed by atoms with Gasteiger partial charge in [0.05, 0.1) is 16.8 Å². The highest BCUT2D eigenvalue weighted by molar-refractivity contribution is 6.13. The van der Waals surface area contributed by atoms with Gasteiger partial charge in [-0.25, -0.2) is 4.79 Å². The number of anilines is 1. The van der Waals surface area contributed by atoms with E-state index in [1.54, 1.807) is 31.3 Å². The fraction of sp³-hybridized carbons (Fsp3) is 0.222. The van der Waals surface area contributed by atoms with E-state index in [0.717, 1.165) is 6.42 Å². The SMILES string of the molecule is Cn1cnn(-c2ccc(NC(=O)c3coc4c3C(=O)CCC4)cc2)c1=O. The summed E-state index contributed by atoms with van der Waals surface area (Å²) < 4.78 is 8.01. The Bertz CT molecular complexity index is 1060. The topological polar surface area (TPSA) is 99.1 Å². The Morgan fingerprint density at radius 2 is 1.96 bits per heavy atom. The summed E-state index contributed by atoms with van der Waals surface area (Å²) >= 11 is 0. The van der Waals surface area contributed by atoms with Gasteiger partial charge in [-0.3, -0.25) is 14.2 Å². The molecular formula is C18H16N4O4. The molecule has 0 bridgehead atoms. The van der Waals surface area contributed by atoms with E-state index in [-0.39, 0.29) is 17.0 Å². The molecule has 132 valence electrons. The van der Waals surface area contributed by atoms with E-state index < -0.39 is 5.91 Å². The average molecular weight is 352 g/mol. The second kappa shape index (κ2) is 6.14. The lowest BCUT2D eigenvalue weighted by Gasteiger charge is -2.10. The Hall–Kier alpha value is -3.42. The van der Waals surface area contributed by atoms with Gasteiger partial charge >= 0.3 is 5.69 Å². The molecule has 26 heavy (non-hydrogen) atoms. The Morgan fingerprint density at radius 3 is 2.65 bits per heavy atom. The second-order valence-corrected chi connectivity index (χ2v) is 6.16. The zero-order valence-electron chi connectivity index (χ0n) is 14.1. The highest BCUT2D eigenvalue weighted by Gasteiger charge is 2.27. The first-order chi connectivity index (χ1) is 12.5. The third-order valence-corrected chi connectivity index (χ3v) is 4.39. The van der Waals surface area contributed by atoms with Crippen molar-refractivity contribution in [2.45, 2.75) is 19.3 Å². The molecule has 8 heteroatoms. The van der Waals surface area contributed by atoms with Gasteiger partial charge in [0.25, 0.3) is 5.91 Å². The number of hydrogen-bond donors (Lipinski definition) is 1. The lowest BCUT2D eigenvalue weighted by molar-refractivity contribution is 0.0955. The molecule has 0 unspecified atom stereocenters. The van der Waals surface area contributed by atoms with Crippen LogP contribution in [-0.2, 0) is 13.5 Å². The number of Topliss-reactive ketones (excluding diaryl/α,β-unsaturated/α-hetero) is 1. The highest BCUT2D eigenvalue weighted by atomic mass is 16.3. The van der Waals surface area contributed by atoms with Gasteiger partial charge in [0.1, 0.15) is 18.4 Å². The number of ketones is 1. The van der Waals surface area contributed by atoms with Crippen molar-refractivity contribution in [1.29, 1.82) is 0 Å². The largest absolute Gasteiger partial charge is 0.468 e. The van der Waals surface area contributed by atoms with Crippen molar-refractivity contribution in [2.75, 3.05) is 5.32 Å². The van der Waals surface area contributed by atoms with Crippen LogP contribution in [0.1, 0.15) is 39.3 Å². The highest BCUT2D eigenvalue weighted by Crippen LogP contribution is 2.27. The number of carbonyl (C=O) groups is 2. The molecule has 0 saturated heterocycles. The molecule has 0 fully saturated rings. The van der Waals surface area contributed by atoms with Crippen molar-refractivity contribution >= 4 is 17.4 Å². The van der Waals surface area contributed by atoms with Crippen LogP contribution >= 0.6 is 0 Å². The van der Waals surface area contributed by atoms with Crippen LogP contribution in [0.25, 0.3) is 5.69 Å². The number of nitrogens with zero attached hydrogens (tertiary/aromatic N) is 3.